The quantitative estimate of drug-likeness (QED) is 0.429. The van der Waals surface area contributed by atoms with E-state index in [0.717, 1.165) is 5.56 Å². The van der Waals surface area contributed by atoms with Gasteiger partial charge < -0.3 is 4.18 Å². The van der Waals surface area contributed by atoms with E-state index in [2.05, 4.69) is 15.1 Å². The number of aromatic nitrogens is 1. The van der Waals surface area contributed by atoms with E-state index in [9.17, 15) is 13.2 Å². The Hall–Kier alpha value is -4.09. The normalized spacial score (nSPS) is 16.8. The number of carbonyl (C=O) groups is 1. The van der Waals surface area contributed by atoms with Gasteiger partial charge in [-0.2, -0.15) is 23.5 Å². The number of hydrogen-bond donors (Lipinski definition) is 1. The molecule has 0 radical (unpaired) electrons. The summed E-state index contributed by atoms with van der Waals surface area (Å²) in [5.41, 5.74) is 1.39. The average Bonchev–Trinajstić information content (AvgIpc) is 3.28. The van der Waals surface area contributed by atoms with Crippen LogP contribution < -0.4 is 4.18 Å². The maximum atomic E-state index is 12.6. The molecule has 0 unspecified atom stereocenters. The summed E-state index contributed by atoms with van der Waals surface area (Å²) in [4.78, 5) is 20.8. The predicted molar refractivity (Wildman–Crippen MR) is 129 cm³/mol. The van der Waals surface area contributed by atoms with Crippen molar-refractivity contribution < 1.29 is 17.4 Å². The highest BCUT2D eigenvalue weighted by molar-refractivity contribution is 8.27. The molecule has 0 saturated carbocycles. The van der Waals surface area contributed by atoms with Gasteiger partial charge in [0, 0.05) is 18.0 Å². The van der Waals surface area contributed by atoms with Crippen molar-refractivity contribution >= 4 is 49.9 Å². The lowest BCUT2D eigenvalue weighted by Crippen LogP contribution is -2.35. The van der Waals surface area contributed by atoms with Gasteiger partial charge in [0.25, 0.3) is 5.91 Å². The number of thioether (sulfide) groups is 1. The number of benzene rings is 2. The molecule has 34 heavy (non-hydrogen) atoms. The van der Waals surface area contributed by atoms with Crippen LogP contribution in [-0.4, -0.2) is 40.4 Å². The lowest BCUT2D eigenvalue weighted by Gasteiger charge is -2.20. The molecule has 11 heteroatoms. The van der Waals surface area contributed by atoms with Crippen LogP contribution in [0, 0.1) is 5.41 Å². The second-order valence-electron chi connectivity index (χ2n) is 7.09. The number of nitrogens with one attached hydrogen (secondary N) is 1. The molecule has 5 rings (SSSR count). The number of fused-ring (bicyclic) bond motifs is 1. The van der Waals surface area contributed by atoms with E-state index >= 15 is 0 Å². The van der Waals surface area contributed by atoms with E-state index < -0.39 is 16.0 Å². The molecule has 0 fully saturated rings. The van der Waals surface area contributed by atoms with Crippen molar-refractivity contribution in [2.24, 2.45) is 10.1 Å². The molecule has 1 N–H and O–H groups in total. The molecule has 0 atom stereocenters. The number of carbonyl (C=O) groups excluding carboxylic acids is 1. The zero-order valence-electron chi connectivity index (χ0n) is 17.3. The second kappa shape index (κ2) is 8.69. The summed E-state index contributed by atoms with van der Waals surface area (Å²) in [5.74, 6) is -0.537. The van der Waals surface area contributed by atoms with Crippen LogP contribution in [0.5, 0.6) is 5.75 Å². The molecule has 0 bridgehead atoms. The summed E-state index contributed by atoms with van der Waals surface area (Å²) >= 11 is 1.19. The van der Waals surface area contributed by atoms with Crippen molar-refractivity contribution in [3.8, 4) is 5.75 Å². The Morgan fingerprint density at radius 3 is 2.47 bits per heavy atom. The van der Waals surface area contributed by atoms with Gasteiger partial charge in [-0.1, -0.05) is 30.3 Å². The molecule has 9 nitrogen and oxygen atoms in total. The molecular weight excluding hydrogens is 474 g/mol. The van der Waals surface area contributed by atoms with Crippen LogP contribution in [0.25, 0.3) is 6.08 Å². The Kier molecular flexibility index (Phi) is 5.56. The molecule has 168 valence electrons. The molecule has 2 aliphatic rings. The van der Waals surface area contributed by atoms with Crippen LogP contribution >= 0.6 is 11.8 Å². The summed E-state index contributed by atoms with van der Waals surface area (Å²) in [6.45, 7) is 0. The molecular formula is C23H15N5O4S2. The minimum Gasteiger partial charge on any atom is -0.379 e. The Labute approximate surface area is 199 Å². The lowest BCUT2D eigenvalue weighted by molar-refractivity contribution is -0.114. The van der Waals surface area contributed by atoms with Crippen LogP contribution in [-0.2, 0) is 14.9 Å². The number of aliphatic imine (C=N–C) groups is 1. The third-order valence-electron chi connectivity index (χ3n) is 4.79. The van der Waals surface area contributed by atoms with E-state index in [1.807, 2.05) is 6.07 Å². The molecule has 1 amide bonds. The topological polar surface area (TPSA) is 125 Å². The Morgan fingerprint density at radius 2 is 1.76 bits per heavy atom. The first kappa shape index (κ1) is 21.7. The minimum absolute atomic E-state index is 0.0470. The zero-order valence-corrected chi connectivity index (χ0v) is 19.0. The maximum Gasteiger partial charge on any atom is 0.339 e. The molecule has 0 aliphatic carbocycles. The first-order valence-corrected chi connectivity index (χ1v) is 12.1. The highest BCUT2D eigenvalue weighted by Crippen LogP contribution is 2.31. The van der Waals surface area contributed by atoms with Gasteiger partial charge in [-0.15, -0.1) is 0 Å². The summed E-state index contributed by atoms with van der Waals surface area (Å²) in [7, 11) is -3.96. The van der Waals surface area contributed by atoms with E-state index in [4.69, 9.17) is 9.59 Å². The van der Waals surface area contributed by atoms with Crippen molar-refractivity contribution in [1.82, 2.24) is 9.99 Å². The van der Waals surface area contributed by atoms with E-state index in [1.54, 1.807) is 48.8 Å². The van der Waals surface area contributed by atoms with E-state index in [0.29, 0.717) is 15.8 Å². The maximum absolute atomic E-state index is 12.6. The third-order valence-corrected chi connectivity index (χ3v) is 7.01. The van der Waals surface area contributed by atoms with Crippen LogP contribution in [0.15, 0.2) is 99.7 Å². The van der Waals surface area contributed by atoms with Crippen molar-refractivity contribution in [2.75, 3.05) is 0 Å². The lowest BCUT2D eigenvalue weighted by atomic mass is 10.1. The van der Waals surface area contributed by atoms with Gasteiger partial charge in [-0.3, -0.25) is 15.2 Å². The first-order chi connectivity index (χ1) is 16.4. The van der Waals surface area contributed by atoms with Gasteiger partial charge in [0.05, 0.1) is 5.57 Å². The van der Waals surface area contributed by atoms with Gasteiger partial charge >= 0.3 is 10.1 Å². The molecule has 0 spiro atoms. The first-order valence-electron chi connectivity index (χ1n) is 9.91. The zero-order chi connectivity index (χ0) is 23.7. The number of hydrazone groups is 1. The largest absolute Gasteiger partial charge is 0.379 e. The van der Waals surface area contributed by atoms with Crippen LogP contribution in [0.4, 0.5) is 0 Å². The summed E-state index contributed by atoms with van der Waals surface area (Å²) in [5, 5.41) is 15.1. The van der Waals surface area contributed by atoms with Crippen LogP contribution in [0.2, 0.25) is 0 Å². The second-order valence-corrected chi connectivity index (χ2v) is 9.59. The van der Waals surface area contributed by atoms with Gasteiger partial charge in [0.1, 0.15) is 15.7 Å². The number of amidine groups is 2. The van der Waals surface area contributed by atoms with Gasteiger partial charge in [0.15, 0.2) is 5.84 Å². The Bertz CT molecular complexity index is 1480. The van der Waals surface area contributed by atoms with Crippen molar-refractivity contribution in [2.45, 2.75) is 4.90 Å². The fourth-order valence-corrected chi connectivity index (χ4v) is 4.98. The number of hydrogen-bond acceptors (Lipinski definition) is 8. The van der Waals surface area contributed by atoms with Crippen molar-refractivity contribution in [3.05, 3.63) is 95.8 Å². The summed E-state index contributed by atoms with van der Waals surface area (Å²) in [6.07, 6.45) is 4.80. The average molecular weight is 490 g/mol. The summed E-state index contributed by atoms with van der Waals surface area (Å²) in [6, 6.07) is 17.6. The molecule has 3 aromatic rings. The number of nitrogens with zero attached hydrogens (tertiary/aromatic N) is 4. The molecule has 2 aliphatic heterocycles. The highest BCUT2D eigenvalue weighted by atomic mass is 32.2. The third kappa shape index (κ3) is 4.26. The number of rotatable bonds is 5. The molecule has 0 saturated heterocycles. The van der Waals surface area contributed by atoms with E-state index in [1.165, 1.54) is 47.1 Å². The smallest absolute Gasteiger partial charge is 0.339 e. The number of amides is 1. The highest BCUT2D eigenvalue weighted by Gasteiger charge is 2.36. The Morgan fingerprint density at radius 1 is 1.00 bits per heavy atom. The fraction of sp³-hybridized carbons (Fsp3) is 0. The Balaban J connectivity index is 1.36. The van der Waals surface area contributed by atoms with Gasteiger partial charge in [-0.05, 0) is 59.8 Å². The van der Waals surface area contributed by atoms with Crippen molar-refractivity contribution in [3.63, 3.8) is 0 Å². The fourth-order valence-electron chi connectivity index (χ4n) is 3.15. The van der Waals surface area contributed by atoms with Gasteiger partial charge in [-0.25, -0.2) is 0 Å². The summed E-state index contributed by atoms with van der Waals surface area (Å²) < 4.78 is 29.9. The number of pyridine rings is 1. The van der Waals surface area contributed by atoms with E-state index in [-0.39, 0.29) is 22.1 Å². The standard InChI is InChI=1S/C23H15N5O4S2/c24-20-19(21(29)26-23-28(20)27-22(33-23)16-5-4-12-25-14-16)13-15-8-10-17(11-9-15)32-34(30,31)18-6-2-1-3-7-18/h1-14,24H. The predicted octanol–water partition coefficient (Wildman–Crippen LogP) is 3.52. The van der Waals surface area contributed by atoms with Crippen molar-refractivity contribution in [1.29, 1.82) is 5.41 Å². The SMILES string of the molecule is N=C1C(=Cc2ccc(OS(=O)(=O)c3ccccc3)cc2)C(=O)N=C2SC(c3cccnc3)=NN12. The molecule has 3 heterocycles. The van der Waals surface area contributed by atoms with Crippen LogP contribution in [0.1, 0.15) is 11.1 Å². The monoisotopic (exact) mass is 489 g/mol. The molecule has 1 aromatic heterocycles. The molecule has 2 aromatic carbocycles. The van der Waals surface area contributed by atoms with Crippen LogP contribution in [0.3, 0.4) is 0 Å². The minimum atomic E-state index is -3.96. The van der Waals surface area contributed by atoms with Gasteiger partial charge in [0.2, 0.25) is 5.17 Å².